The minimum Gasteiger partial charge on any atom is -0.399 e. The molecule has 4 aromatic carbocycles. The van der Waals surface area contributed by atoms with Crippen LogP contribution in [0.3, 0.4) is 0 Å². The molecule has 0 aromatic heterocycles. The van der Waals surface area contributed by atoms with Crippen molar-refractivity contribution >= 4 is 41.4 Å². The van der Waals surface area contributed by atoms with Crippen molar-refractivity contribution in [2.75, 3.05) is 4.90 Å². The Hall–Kier alpha value is -2.99. The molecule has 0 amide bonds. The van der Waals surface area contributed by atoms with Gasteiger partial charge in [-0.1, -0.05) is 72.4 Å². The first-order valence-corrected chi connectivity index (χ1v) is 12.9. The molecule has 35 heavy (non-hydrogen) atoms. The van der Waals surface area contributed by atoms with Crippen LogP contribution in [0.15, 0.2) is 107 Å². The van der Waals surface area contributed by atoms with Crippen LogP contribution in [-0.4, -0.2) is 18.3 Å². The Morgan fingerprint density at radius 1 is 0.629 bits per heavy atom. The van der Waals surface area contributed by atoms with Crippen LogP contribution < -0.4 is 10.4 Å². The Morgan fingerprint density at radius 3 is 2.06 bits per heavy atom. The highest BCUT2D eigenvalue weighted by atomic mass is 32.2. The molecule has 0 atom stereocenters. The zero-order valence-corrected chi connectivity index (χ0v) is 21.3. The predicted octanol–water partition coefficient (Wildman–Crippen LogP) is 7.59. The Balaban J connectivity index is 1.39. The first-order valence-electron chi connectivity index (χ1n) is 12.0. The fourth-order valence-corrected chi connectivity index (χ4v) is 5.73. The lowest BCUT2D eigenvalue weighted by atomic mass is 9.78. The summed E-state index contributed by atoms with van der Waals surface area (Å²) in [6, 6.07) is 34.5. The summed E-state index contributed by atoms with van der Waals surface area (Å²) in [5.74, 6) is 0. The third-order valence-corrected chi connectivity index (χ3v) is 8.40. The van der Waals surface area contributed by atoms with Crippen molar-refractivity contribution < 1.29 is 9.31 Å². The number of hydrogen-bond donors (Lipinski definition) is 0. The van der Waals surface area contributed by atoms with E-state index in [-0.39, 0.29) is 18.3 Å². The SMILES string of the molecule is CC1(C)OB(c2cccc(-c3ccc4c(c3)Sc3ccccc3N4c3ccccc3)c2)OC1(C)C. The van der Waals surface area contributed by atoms with Gasteiger partial charge in [-0.15, -0.1) is 0 Å². The summed E-state index contributed by atoms with van der Waals surface area (Å²) in [4.78, 5) is 4.85. The molecule has 174 valence electrons. The molecule has 6 rings (SSSR count). The highest BCUT2D eigenvalue weighted by Gasteiger charge is 2.51. The fourth-order valence-electron chi connectivity index (χ4n) is 4.64. The fraction of sp³-hybridized carbons (Fsp3) is 0.200. The van der Waals surface area contributed by atoms with Gasteiger partial charge in [0.25, 0.3) is 0 Å². The first-order chi connectivity index (χ1) is 16.8. The highest BCUT2D eigenvalue weighted by Crippen LogP contribution is 2.52. The molecule has 2 aliphatic heterocycles. The van der Waals surface area contributed by atoms with Crippen LogP contribution in [0, 0.1) is 0 Å². The molecule has 0 aliphatic carbocycles. The molecule has 2 heterocycles. The van der Waals surface area contributed by atoms with Crippen LogP contribution in [0.5, 0.6) is 0 Å². The molecule has 2 aliphatic rings. The monoisotopic (exact) mass is 477 g/mol. The molecular formula is C30H28BNO2S. The normalized spacial score (nSPS) is 17.7. The minimum absolute atomic E-state index is 0.357. The van der Waals surface area contributed by atoms with E-state index in [0.717, 1.165) is 16.7 Å². The number of fused-ring (bicyclic) bond motifs is 2. The molecule has 0 N–H and O–H groups in total. The summed E-state index contributed by atoms with van der Waals surface area (Å²) < 4.78 is 12.6. The molecule has 4 aromatic rings. The van der Waals surface area contributed by atoms with E-state index in [1.54, 1.807) is 0 Å². The van der Waals surface area contributed by atoms with E-state index in [4.69, 9.17) is 9.31 Å². The second-order valence-electron chi connectivity index (χ2n) is 10.1. The second kappa shape index (κ2) is 8.30. The second-order valence-corrected chi connectivity index (χ2v) is 11.2. The third-order valence-electron chi connectivity index (χ3n) is 7.29. The summed E-state index contributed by atoms with van der Waals surface area (Å²) in [6.45, 7) is 8.36. The van der Waals surface area contributed by atoms with Crippen LogP contribution in [-0.2, 0) is 9.31 Å². The molecule has 1 saturated heterocycles. The van der Waals surface area contributed by atoms with E-state index in [9.17, 15) is 0 Å². The molecule has 5 heteroatoms. The third kappa shape index (κ3) is 3.88. The molecule has 0 radical (unpaired) electrons. The van der Waals surface area contributed by atoms with Crippen molar-refractivity contribution in [1.29, 1.82) is 0 Å². The standard InChI is InChI=1S/C30H28BNO2S/c1-29(2)30(3,4)34-31(33-29)23-12-10-11-21(19-23)22-17-18-26-28(20-22)35-27-16-9-8-15-25(27)32(26)24-13-6-5-7-14-24/h5-20H,1-4H3. The van der Waals surface area contributed by atoms with Crippen molar-refractivity contribution in [2.24, 2.45) is 0 Å². The van der Waals surface area contributed by atoms with E-state index in [0.29, 0.717) is 0 Å². The first kappa shape index (κ1) is 22.5. The molecule has 0 bridgehead atoms. The largest absolute Gasteiger partial charge is 0.494 e. The van der Waals surface area contributed by atoms with Gasteiger partial charge in [-0.25, -0.2) is 0 Å². The maximum absolute atomic E-state index is 6.30. The Morgan fingerprint density at radius 2 is 1.29 bits per heavy atom. The zero-order chi connectivity index (χ0) is 24.2. The van der Waals surface area contributed by atoms with E-state index in [2.05, 4.69) is 130 Å². The lowest BCUT2D eigenvalue weighted by Gasteiger charge is -2.33. The van der Waals surface area contributed by atoms with Crippen LogP contribution in [0.1, 0.15) is 27.7 Å². The van der Waals surface area contributed by atoms with Gasteiger partial charge in [0.1, 0.15) is 0 Å². The van der Waals surface area contributed by atoms with Crippen molar-refractivity contribution in [3.05, 3.63) is 97.1 Å². The molecule has 0 spiro atoms. The van der Waals surface area contributed by atoms with Gasteiger partial charge in [0.05, 0.1) is 22.6 Å². The van der Waals surface area contributed by atoms with Gasteiger partial charge in [0.2, 0.25) is 0 Å². The van der Waals surface area contributed by atoms with Gasteiger partial charge in [-0.3, -0.25) is 0 Å². The smallest absolute Gasteiger partial charge is 0.399 e. The predicted molar refractivity (Wildman–Crippen MR) is 146 cm³/mol. The van der Waals surface area contributed by atoms with Gasteiger partial charge < -0.3 is 14.2 Å². The van der Waals surface area contributed by atoms with Crippen molar-refractivity contribution in [3.63, 3.8) is 0 Å². The molecule has 1 fully saturated rings. The topological polar surface area (TPSA) is 21.7 Å². The van der Waals surface area contributed by atoms with Crippen molar-refractivity contribution in [1.82, 2.24) is 0 Å². The Labute approximate surface area is 212 Å². The number of anilines is 3. The zero-order valence-electron chi connectivity index (χ0n) is 20.5. The van der Waals surface area contributed by atoms with E-state index >= 15 is 0 Å². The number of benzene rings is 4. The maximum atomic E-state index is 6.30. The number of para-hydroxylation sites is 2. The van der Waals surface area contributed by atoms with E-state index in [1.165, 1.54) is 26.7 Å². The van der Waals surface area contributed by atoms with Gasteiger partial charge in [-0.05, 0) is 80.7 Å². The average molecular weight is 477 g/mol. The van der Waals surface area contributed by atoms with Crippen LogP contribution in [0.2, 0.25) is 0 Å². The summed E-state index contributed by atoms with van der Waals surface area (Å²) in [6.07, 6.45) is 0. The lowest BCUT2D eigenvalue weighted by molar-refractivity contribution is 0.00578. The van der Waals surface area contributed by atoms with Gasteiger partial charge in [0, 0.05) is 15.5 Å². The van der Waals surface area contributed by atoms with E-state index in [1.807, 2.05) is 11.8 Å². The van der Waals surface area contributed by atoms with E-state index < -0.39 is 0 Å². The van der Waals surface area contributed by atoms with Gasteiger partial charge in [-0.2, -0.15) is 0 Å². The highest BCUT2D eigenvalue weighted by molar-refractivity contribution is 7.99. The summed E-state index contributed by atoms with van der Waals surface area (Å²) in [7, 11) is -0.368. The maximum Gasteiger partial charge on any atom is 0.494 e. The van der Waals surface area contributed by atoms with Crippen LogP contribution in [0.4, 0.5) is 17.1 Å². The van der Waals surface area contributed by atoms with Gasteiger partial charge >= 0.3 is 7.12 Å². The van der Waals surface area contributed by atoms with Crippen LogP contribution in [0.25, 0.3) is 11.1 Å². The molecule has 3 nitrogen and oxygen atoms in total. The summed E-state index contributed by atoms with van der Waals surface area (Å²) in [5, 5.41) is 0. The Kier molecular flexibility index (Phi) is 5.33. The van der Waals surface area contributed by atoms with Crippen LogP contribution >= 0.6 is 11.8 Å². The molecule has 0 saturated carbocycles. The van der Waals surface area contributed by atoms with Crippen molar-refractivity contribution in [3.8, 4) is 11.1 Å². The van der Waals surface area contributed by atoms with Gasteiger partial charge in [0.15, 0.2) is 0 Å². The Bertz CT molecular complexity index is 1390. The number of rotatable bonds is 3. The minimum atomic E-state index is -0.368. The summed E-state index contributed by atoms with van der Waals surface area (Å²) in [5.41, 5.74) is 6.25. The number of nitrogens with zero attached hydrogens (tertiary/aromatic N) is 1. The van der Waals surface area contributed by atoms with Crippen molar-refractivity contribution in [2.45, 2.75) is 48.7 Å². The molecular weight excluding hydrogens is 449 g/mol. The summed E-state index contributed by atoms with van der Waals surface area (Å²) >= 11 is 1.83. The average Bonchev–Trinajstić information content (AvgIpc) is 3.09. The lowest BCUT2D eigenvalue weighted by Crippen LogP contribution is -2.41. The quantitative estimate of drug-likeness (QED) is 0.250. The number of hydrogen-bond acceptors (Lipinski definition) is 4. The molecule has 0 unspecified atom stereocenters.